The molecule has 0 radical (unpaired) electrons. The molecule has 0 N–H and O–H groups in total. The van der Waals surface area contributed by atoms with Crippen molar-refractivity contribution in [2.24, 2.45) is 4.99 Å². The van der Waals surface area contributed by atoms with Crippen LogP contribution < -0.4 is 0 Å². The Kier molecular flexibility index (Phi) is 3.90. The number of carbonyl (C=O) groups excluding carboxylic acids is 1. The molecular formula is C12H20N2OS. The van der Waals surface area contributed by atoms with Crippen molar-refractivity contribution in [3.05, 3.63) is 0 Å². The largest absolute Gasteiger partial charge is 0.288 e. The summed E-state index contributed by atoms with van der Waals surface area (Å²) in [5, 5.41) is 0.965. The summed E-state index contributed by atoms with van der Waals surface area (Å²) in [6.07, 6.45) is 6.15. The number of carbonyl (C=O) groups is 1. The highest BCUT2D eigenvalue weighted by Gasteiger charge is 2.34. The average molecular weight is 240 g/mol. The van der Waals surface area contributed by atoms with Crippen LogP contribution in [0.15, 0.2) is 4.99 Å². The van der Waals surface area contributed by atoms with Crippen LogP contribution in [0, 0.1) is 0 Å². The molecule has 1 saturated carbocycles. The van der Waals surface area contributed by atoms with Gasteiger partial charge in [-0.1, -0.05) is 31.0 Å². The molecule has 0 aromatic carbocycles. The van der Waals surface area contributed by atoms with E-state index in [1.807, 2.05) is 4.90 Å². The number of amidine groups is 1. The van der Waals surface area contributed by atoms with Gasteiger partial charge >= 0.3 is 0 Å². The highest BCUT2D eigenvalue weighted by Crippen LogP contribution is 2.30. The molecule has 0 aromatic rings. The van der Waals surface area contributed by atoms with Crippen molar-refractivity contribution in [3.8, 4) is 0 Å². The van der Waals surface area contributed by atoms with Gasteiger partial charge in [0, 0.05) is 12.1 Å². The van der Waals surface area contributed by atoms with Gasteiger partial charge in [0.25, 0.3) is 0 Å². The van der Waals surface area contributed by atoms with E-state index < -0.39 is 0 Å². The quantitative estimate of drug-likeness (QED) is 0.743. The number of hydrogen-bond acceptors (Lipinski definition) is 3. The van der Waals surface area contributed by atoms with E-state index in [2.05, 4.69) is 18.8 Å². The van der Waals surface area contributed by atoms with Gasteiger partial charge in [-0.05, 0) is 26.7 Å². The molecule has 2 rings (SSSR count). The summed E-state index contributed by atoms with van der Waals surface area (Å²) >= 11 is 1.61. The van der Waals surface area contributed by atoms with E-state index in [-0.39, 0.29) is 11.9 Å². The Balaban J connectivity index is 2.11. The van der Waals surface area contributed by atoms with Crippen molar-refractivity contribution in [2.75, 3.05) is 5.75 Å². The maximum absolute atomic E-state index is 11.9. The van der Waals surface area contributed by atoms with Crippen molar-refractivity contribution >= 4 is 22.8 Å². The van der Waals surface area contributed by atoms with E-state index >= 15 is 0 Å². The topological polar surface area (TPSA) is 32.7 Å². The molecule has 1 aliphatic carbocycles. The molecule has 2 aliphatic rings. The standard InChI is InChI=1S/C12H20N2OS/c1-9(2)13-12-14(11(15)8-16-12)10-6-4-3-5-7-10/h9-10H,3-8H2,1-2H3. The summed E-state index contributed by atoms with van der Waals surface area (Å²) in [5.41, 5.74) is 0. The molecule has 2 fully saturated rings. The Labute approximate surface area is 102 Å². The Morgan fingerprint density at radius 2 is 2.00 bits per heavy atom. The molecule has 1 saturated heterocycles. The van der Waals surface area contributed by atoms with Crippen LogP contribution in [-0.2, 0) is 4.79 Å². The molecular weight excluding hydrogens is 220 g/mol. The lowest BCUT2D eigenvalue weighted by molar-refractivity contribution is -0.126. The lowest BCUT2D eigenvalue weighted by Gasteiger charge is -2.30. The number of aliphatic imine (C=N–C) groups is 1. The van der Waals surface area contributed by atoms with E-state index in [0.29, 0.717) is 11.8 Å². The fourth-order valence-electron chi connectivity index (χ4n) is 2.39. The third-order valence-electron chi connectivity index (χ3n) is 3.11. The number of nitrogens with zero attached hydrogens (tertiary/aromatic N) is 2. The summed E-state index contributed by atoms with van der Waals surface area (Å²) in [5.74, 6) is 0.846. The zero-order valence-electron chi connectivity index (χ0n) is 10.1. The minimum atomic E-state index is 0.260. The van der Waals surface area contributed by atoms with Crippen LogP contribution in [0.2, 0.25) is 0 Å². The van der Waals surface area contributed by atoms with Gasteiger partial charge < -0.3 is 0 Å². The van der Waals surface area contributed by atoms with Gasteiger partial charge in [0.05, 0.1) is 5.75 Å². The van der Waals surface area contributed by atoms with E-state index in [9.17, 15) is 4.79 Å². The average Bonchev–Trinajstić information content (AvgIpc) is 2.60. The summed E-state index contributed by atoms with van der Waals surface area (Å²) < 4.78 is 0. The van der Waals surface area contributed by atoms with Gasteiger partial charge in [-0.15, -0.1) is 0 Å². The molecule has 0 aromatic heterocycles. The molecule has 0 unspecified atom stereocenters. The molecule has 0 bridgehead atoms. The molecule has 0 spiro atoms. The lowest BCUT2D eigenvalue weighted by Crippen LogP contribution is -2.41. The van der Waals surface area contributed by atoms with Gasteiger partial charge in [0.2, 0.25) is 5.91 Å². The first-order valence-electron chi connectivity index (χ1n) is 6.21. The fraction of sp³-hybridized carbons (Fsp3) is 0.833. The van der Waals surface area contributed by atoms with Gasteiger partial charge in [0.15, 0.2) is 5.17 Å². The number of rotatable bonds is 2. The van der Waals surface area contributed by atoms with E-state index in [0.717, 1.165) is 18.0 Å². The van der Waals surface area contributed by atoms with E-state index in [4.69, 9.17) is 0 Å². The molecule has 1 heterocycles. The molecule has 1 amide bonds. The Bertz CT molecular complexity index is 295. The van der Waals surface area contributed by atoms with E-state index in [1.54, 1.807) is 11.8 Å². The van der Waals surface area contributed by atoms with E-state index in [1.165, 1.54) is 19.3 Å². The van der Waals surface area contributed by atoms with Crippen LogP contribution in [0.4, 0.5) is 0 Å². The monoisotopic (exact) mass is 240 g/mol. The number of amides is 1. The second-order valence-corrected chi connectivity index (χ2v) is 5.79. The highest BCUT2D eigenvalue weighted by molar-refractivity contribution is 8.15. The fourth-order valence-corrected chi connectivity index (χ4v) is 3.46. The van der Waals surface area contributed by atoms with Crippen molar-refractivity contribution in [2.45, 2.75) is 58.0 Å². The molecule has 4 heteroatoms. The van der Waals surface area contributed by atoms with Gasteiger partial charge in [-0.25, -0.2) is 0 Å². The highest BCUT2D eigenvalue weighted by atomic mass is 32.2. The van der Waals surface area contributed by atoms with Crippen molar-refractivity contribution in [1.82, 2.24) is 4.90 Å². The Morgan fingerprint density at radius 1 is 1.31 bits per heavy atom. The third-order valence-corrected chi connectivity index (χ3v) is 4.06. The van der Waals surface area contributed by atoms with Crippen LogP contribution in [-0.4, -0.2) is 33.8 Å². The minimum absolute atomic E-state index is 0.260. The molecule has 90 valence electrons. The molecule has 0 atom stereocenters. The SMILES string of the molecule is CC(C)N=C1SCC(=O)N1C1CCCCC1. The molecule has 1 aliphatic heterocycles. The van der Waals surface area contributed by atoms with Crippen LogP contribution in [0.25, 0.3) is 0 Å². The van der Waals surface area contributed by atoms with Crippen molar-refractivity contribution < 1.29 is 4.79 Å². The lowest BCUT2D eigenvalue weighted by atomic mass is 9.94. The smallest absolute Gasteiger partial charge is 0.239 e. The summed E-state index contributed by atoms with van der Waals surface area (Å²) in [7, 11) is 0. The normalized spacial score (nSPS) is 26.1. The predicted octanol–water partition coefficient (Wildman–Crippen LogP) is 2.66. The van der Waals surface area contributed by atoms with Crippen LogP contribution in [0.1, 0.15) is 46.0 Å². The predicted molar refractivity (Wildman–Crippen MR) is 68.7 cm³/mol. The Morgan fingerprint density at radius 3 is 2.62 bits per heavy atom. The summed E-state index contributed by atoms with van der Waals surface area (Å²) in [6, 6.07) is 0.702. The first-order chi connectivity index (χ1) is 7.68. The van der Waals surface area contributed by atoms with Crippen molar-refractivity contribution in [1.29, 1.82) is 0 Å². The first kappa shape index (κ1) is 12.0. The summed E-state index contributed by atoms with van der Waals surface area (Å²) in [6.45, 7) is 4.13. The van der Waals surface area contributed by atoms with Crippen molar-refractivity contribution in [3.63, 3.8) is 0 Å². The molecule has 3 nitrogen and oxygen atoms in total. The zero-order chi connectivity index (χ0) is 11.5. The minimum Gasteiger partial charge on any atom is -0.288 e. The van der Waals surface area contributed by atoms with Gasteiger partial charge in [0.1, 0.15) is 0 Å². The maximum atomic E-state index is 11.9. The van der Waals surface area contributed by atoms with Crippen LogP contribution >= 0.6 is 11.8 Å². The van der Waals surface area contributed by atoms with Gasteiger partial charge in [-0.2, -0.15) is 0 Å². The Hall–Kier alpha value is -0.510. The number of thioether (sulfide) groups is 1. The van der Waals surface area contributed by atoms with Gasteiger partial charge in [-0.3, -0.25) is 14.7 Å². The summed E-state index contributed by atoms with van der Waals surface area (Å²) in [4.78, 5) is 18.4. The second kappa shape index (κ2) is 5.21. The number of hydrogen-bond donors (Lipinski definition) is 0. The zero-order valence-corrected chi connectivity index (χ0v) is 10.9. The third kappa shape index (κ3) is 2.59. The second-order valence-electron chi connectivity index (χ2n) is 4.85. The molecule has 16 heavy (non-hydrogen) atoms. The van der Waals surface area contributed by atoms with Crippen LogP contribution in [0.5, 0.6) is 0 Å². The van der Waals surface area contributed by atoms with Crippen LogP contribution in [0.3, 0.4) is 0 Å². The first-order valence-corrected chi connectivity index (χ1v) is 7.19. The maximum Gasteiger partial charge on any atom is 0.239 e.